The summed E-state index contributed by atoms with van der Waals surface area (Å²) in [6.45, 7) is 0.506. The summed E-state index contributed by atoms with van der Waals surface area (Å²) < 4.78 is 32.3. The molecule has 1 unspecified atom stereocenters. The van der Waals surface area contributed by atoms with Crippen molar-refractivity contribution < 1.29 is 23.5 Å². The van der Waals surface area contributed by atoms with Crippen molar-refractivity contribution in [3.63, 3.8) is 0 Å². The predicted octanol–water partition coefficient (Wildman–Crippen LogP) is 2.11. The minimum atomic E-state index is -1.42. The number of aromatic carboxylic acids is 1. The SMILES string of the molecule is CNC1C/C(=N\OC)CN(c2c(F)cc3c(=O)c(C(=O)O)cn(C4CC4)c3c2F)C1. The molecular formula is C20H22F2N4O4. The van der Waals surface area contributed by atoms with Crippen LogP contribution < -0.4 is 15.6 Å². The first-order chi connectivity index (χ1) is 14.3. The molecule has 1 aromatic heterocycles. The topological polar surface area (TPSA) is 96.2 Å². The van der Waals surface area contributed by atoms with Gasteiger partial charge < -0.3 is 24.7 Å². The standard InChI is InChI=1S/C20H22F2N4O4/c1-23-10-5-11(24-30-2)8-25(7-10)18-15(21)6-13-17(16(18)22)26(12-3-4-12)9-14(19(13)27)20(28)29/h6,9-10,12,23H,3-5,7-8H2,1-2H3,(H,28,29)/b24-11+. The molecule has 1 aromatic carbocycles. The minimum absolute atomic E-state index is 0.0688. The van der Waals surface area contributed by atoms with Gasteiger partial charge >= 0.3 is 5.97 Å². The summed E-state index contributed by atoms with van der Waals surface area (Å²) in [5.74, 6) is -3.22. The van der Waals surface area contributed by atoms with Crippen molar-refractivity contribution >= 4 is 28.3 Å². The van der Waals surface area contributed by atoms with Crippen molar-refractivity contribution in [3.8, 4) is 0 Å². The molecule has 1 atom stereocenters. The van der Waals surface area contributed by atoms with Gasteiger partial charge in [0.15, 0.2) is 5.82 Å². The Morgan fingerprint density at radius 3 is 2.70 bits per heavy atom. The Balaban J connectivity index is 1.93. The molecule has 0 spiro atoms. The number of benzene rings is 1. The predicted molar refractivity (Wildman–Crippen MR) is 107 cm³/mol. The first-order valence-electron chi connectivity index (χ1n) is 9.67. The van der Waals surface area contributed by atoms with Crippen LogP contribution in [0.1, 0.15) is 35.7 Å². The average molecular weight is 420 g/mol. The highest BCUT2D eigenvalue weighted by molar-refractivity contribution is 5.95. The summed E-state index contributed by atoms with van der Waals surface area (Å²) in [4.78, 5) is 30.4. The number of anilines is 1. The fraction of sp³-hybridized carbons (Fsp3) is 0.450. The lowest BCUT2D eigenvalue weighted by molar-refractivity contribution is 0.0694. The molecule has 0 bridgehead atoms. The van der Waals surface area contributed by atoms with Gasteiger partial charge in [-0.05, 0) is 26.0 Å². The highest BCUT2D eigenvalue weighted by Crippen LogP contribution is 2.39. The third-order valence-electron chi connectivity index (χ3n) is 5.60. The van der Waals surface area contributed by atoms with Crippen LogP contribution >= 0.6 is 0 Å². The summed E-state index contributed by atoms with van der Waals surface area (Å²) in [6.07, 6.45) is 3.21. The Morgan fingerprint density at radius 1 is 1.37 bits per heavy atom. The molecule has 30 heavy (non-hydrogen) atoms. The van der Waals surface area contributed by atoms with Crippen molar-refractivity contribution in [2.24, 2.45) is 5.16 Å². The van der Waals surface area contributed by atoms with Crippen LogP contribution in [0, 0.1) is 11.6 Å². The fourth-order valence-corrected chi connectivity index (χ4v) is 4.04. The van der Waals surface area contributed by atoms with E-state index in [4.69, 9.17) is 4.84 Å². The fourth-order valence-electron chi connectivity index (χ4n) is 4.04. The third kappa shape index (κ3) is 3.41. The molecule has 10 heteroatoms. The summed E-state index contributed by atoms with van der Waals surface area (Å²) in [5, 5.41) is 16.1. The molecule has 0 amide bonds. The summed E-state index contributed by atoms with van der Waals surface area (Å²) in [5.41, 5.74) is -1.09. The monoisotopic (exact) mass is 420 g/mol. The normalized spacial score (nSPS) is 20.7. The number of pyridine rings is 1. The van der Waals surface area contributed by atoms with E-state index >= 15 is 8.78 Å². The lowest BCUT2D eigenvalue weighted by Crippen LogP contribution is -2.49. The van der Waals surface area contributed by atoms with Gasteiger partial charge in [0.05, 0.1) is 23.2 Å². The average Bonchev–Trinajstić information content (AvgIpc) is 3.53. The molecule has 4 rings (SSSR count). The van der Waals surface area contributed by atoms with Gasteiger partial charge in [0, 0.05) is 31.2 Å². The number of fused-ring (bicyclic) bond motifs is 1. The number of nitrogens with zero attached hydrogens (tertiary/aromatic N) is 3. The van der Waals surface area contributed by atoms with Crippen LogP contribution in [-0.2, 0) is 4.84 Å². The van der Waals surface area contributed by atoms with E-state index in [1.807, 2.05) is 0 Å². The van der Waals surface area contributed by atoms with Gasteiger partial charge in [0.1, 0.15) is 24.2 Å². The highest BCUT2D eigenvalue weighted by atomic mass is 19.1. The number of likely N-dealkylation sites (N-methyl/N-ethyl adjacent to an activating group) is 1. The smallest absolute Gasteiger partial charge is 0.341 e. The Kier molecular flexibility index (Phi) is 5.19. The number of aromatic nitrogens is 1. The number of hydrogen-bond acceptors (Lipinski definition) is 6. The Bertz CT molecular complexity index is 1110. The van der Waals surface area contributed by atoms with Gasteiger partial charge in [-0.15, -0.1) is 0 Å². The molecule has 0 radical (unpaired) electrons. The van der Waals surface area contributed by atoms with Crippen molar-refractivity contribution in [2.45, 2.75) is 31.3 Å². The van der Waals surface area contributed by atoms with Gasteiger partial charge in [-0.25, -0.2) is 13.6 Å². The van der Waals surface area contributed by atoms with Crippen LogP contribution in [0.15, 0.2) is 22.2 Å². The third-order valence-corrected chi connectivity index (χ3v) is 5.60. The van der Waals surface area contributed by atoms with Crippen LogP contribution in [-0.4, -0.2) is 54.6 Å². The zero-order valence-electron chi connectivity index (χ0n) is 16.6. The van der Waals surface area contributed by atoms with Gasteiger partial charge in [0.2, 0.25) is 5.43 Å². The van der Waals surface area contributed by atoms with Crippen molar-refractivity contribution in [2.75, 3.05) is 32.1 Å². The molecule has 160 valence electrons. The second kappa shape index (κ2) is 7.67. The van der Waals surface area contributed by atoms with Gasteiger partial charge in [-0.3, -0.25) is 4.79 Å². The minimum Gasteiger partial charge on any atom is -0.477 e. The van der Waals surface area contributed by atoms with Crippen LogP contribution in [0.3, 0.4) is 0 Å². The van der Waals surface area contributed by atoms with E-state index in [0.717, 1.165) is 18.9 Å². The van der Waals surface area contributed by atoms with Crippen molar-refractivity contribution in [3.05, 3.63) is 39.7 Å². The second-order valence-electron chi connectivity index (χ2n) is 7.64. The number of carboxylic acid groups (broad SMARTS) is 1. The maximum absolute atomic E-state index is 15.7. The molecule has 2 N–H and O–H groups in total. The number of oxime groups is 1. The molecule has 2 heterocycles. The van der Waals surface area contributed by atoms with Gasteiger partial charge in [-0.1, -0.05) is 5.16 Å². The summed E-state index contributed by atoms with van der Waals surface area (Å²) in [6, 6.07) is 0.732. The number of carboxylic acids is 1. The van der Waals surface area contributed by atoms with Crippen molar-refractivity contribution in [1.29, 1.82) is 0 Å². The molecule has 2 aliphatic rings. The molecule has 1 saturated carbocycles. The van der Waals surface area contributed by atoms with Crippen LogP contribution in [0.4, 0.5) is 14.5 Å². The first kappa shape index (κ1) is 20.3. The number of piperidine rings is 1. The molecule has 8 nitrogen and oxygen atoms in total. The van der Waals surface area contributed by atoms with Crippen LogP contribution in [0.2, 0.25) is 0 Å². The van der Waals surface area contributed by atoms with Crippen LogP contribution in [0.5, 0.6) is 0 Å². The molecule has 2 aromatic rings. The molecule has 2 fully saturated rings. The maximum atomic E-state index is 15.7. The van der Waals surface area contributed by atoms with Gasteiger partial charge in [0.25, 0.3) is 0 Å². The maximum Gasteiger partial charge on any atom is 0.341 e. The number of nitrogens with one attached hydrogen (secondary N) is 1. The largest absolute Gasteiger partial charge is 0.477 e. The molecule has 1 saturated heterocycles. The van der Waals surface area contributed by atoms with E-state index in [-0.39, 0.29) is 35.2 Å². The second-order valence-corrected chi connectivity index (χ2v) is 7.64. The summed E-state index contributed by atoms with van der Waals surface area (Å²) in [7, 11) is 3.16. The van der Waals surface area contributed by atoms with Gasteiger partial charge in [-0.2, -0.15) is 0 Å². The number of rotatable bonds is 5. The quantitative estimate of drug-likeness (QED) is 0.720. The Labute approximate surface area is 170 Å². The van der Waals surface area contributed by atoms with Crippen LogP contribution in [0.25, 0.3) is 10.9 Å². The first-order valence-corrected chi connectivity index (χ1v) is 9.67. The zero-order chi connectivity index (χ0) is 21.6. The van der Waals surface area contributed by atoms with E-state index in [0.29, 0.717) is 18.7 Å². The van der Waals surface area contributed by atoms with E-state index in [9.17, 15) is 14.7 Å². The lowest BCUT2D eigenvalue weighted by Gasteiger charge is -2.35. The van der Waals surface area contributed by atoms with E-state index in [1.165, 1.54) is 22.8 Å². The Morgan fingerprint density at radius 2 is 2.10 bits per heavy atom. The number of carbonyl (C=O) groups is 1. The van der Waals surface area contributed by atoms with E-state index in [2.05, 4.69) is 10.5 Å². The van der Waals surface area contributed by atoms with E-state index < -0.39 is 28.6 Å². The number of halogens is 2. The zero-order valence-corrected chi connectivity index (χ0v) is 16.6. The molecule has 1 aliphatic heterocycles. The lowest BCUT2D eigenvalue weighted by atomic mass is 10.0. The number of hydrogen-bond donors (Lipinski definition) is 2. The molecule has 1 aliphatic carbocycles. The van der Waals surface area contributed by atoms with Crippen molar-refractivity contribution in [1.82, 2.24) is 9.88 Å². The summed E-state index contributed by atoms with van der Waals surface area (Å²) >= 11 is 0. The van der Waals surface area contributed by atoms with E-state index in [1.54, 1.807) is 7.05 Å². The highest BCUT2D eigenvalue weighted by Gasteiger charge is 2.33. The molecular weight excluding hydrogens is 398 g/mol. The Hall–Kier alpha value is -3.01.